The third kappa shape index (κ3) is 9.68. The number of carbonyl (C=O) groups excluding carboxylic acids is 2. The number of benzene rings is 1. The summed E-state index contributed by atoms with van der Waals surface area (Å²) in [5.74, 6) is -13.6. The summed E-state index contributed by atoms with van der Waals surface area (Å²) in [6, 6.07) is 0. The van der Waals surface area contributed by atoms with E-state index >= 15 is 0 Å². The summed E-state index contributed by atoms with van der Waals surface area (Å²) in [6.07, 6.45) is 13.8. The number of ether oxygens (including phenoxy) is 1. The minimum Gasteiger partial charge on any atom is -0.464 e. The SMILES string of the molecule is CCCCCCCCCCCCCCOC(=O)CN(C)C(=O)c1c(F)c(F)c(F)c(F)c1F. The molecule has 1 amide bonds. The predicted molar refractivity (Wildman–Crippen MR) is 115 cm³/mol. The van der Waals surface area contributed by atoms with E-state index in [0.29, 0.717) is 11.3 Å². The van der Waals surface area contributed by atoms with Crippen molar-refractivity contribution < 1.29 is 36.3 Å². The Morgan fingerprint density at radius 3 is 1.52 bits per heavy atom. The van der Waals surface area contributed by atoms with E-state index < -0.39 is 53.1 Å². The van der Waals surface area contributed by atoms with Crippen LogP contribution in [0.3, 0.4) is 0 Å². The number of esters is 1. The van der Waals surface area contributed by atoms with Gasteiger partial charge in [-0.15, -0.1) is 0 Å². The van der Waals surface area contributed by atoms with Gasteiger partial charge in [0.1, 0.15) is 12.1 Å². The lowest BCUT2D eigenvalue weighted by Gasteiger charge is -2.17. The molecular weight excluding hydrogens is 445 g/mol. The highest BCUT2D eigenvalue weighted by molar-refractivity contribution is 5.96. The second-order valence-electron chi connectivity index (χ2n) is 8.22. The summed E-state index contributed by atoms with van der Waals surface area (Å²) >= 11 is 0. The van der Waals surface area contributed by atoms with Crippen molar-refractivity contribution in [2.45, 2.75) is 84.0 Å². The van der Waals surface area contributed by atoms with Crippen LogP contribution in [0.5, 0.6) is 0 Å². The van der Waals surface area contributed by atoms with E-state index in [4.69, 9.17) is 4.74 Å². The average molecular weight is 480 g/mol. The molecule has 0 aromatic heterocycles. The van der Waals surface area contributed by atoms with Crippen LogP contribution in [0.25, 0.3) is 0 Å². The predicted octanol–water partition coefficient (Wildman–Crippen LogP) is 6.70. The summed E-state index contributed by atoms with van der Waals surface area (Å²) in [5, 5.41) is 0. The van der Waals surface area contributed by atoms with Gasteiger partial charge in [0.05, 0.1) is 6.61 Å². The van der Waals surface area contributed by atoms with Crippen LogP contribution in [-0.4, -0.2) is 37.0 Å². The van der Waals surface area contributed by atoms with Crippen LogP contribution in [0.15, 0.2) is 0 Å². The third-order valence-corrected chi connectivity index (χ3v) is 5.40. The molecule has 0 fully saturated rings. The van der Waals surface area contributed by atoms with Crippen molar-refractivity contribution in [2.24, 2.45) is 0 Å². The number of hydrogen-bond donors (Lipinski definition) is 0. The Morgan fingerprint density at radius 2 is 1.06 bits per heavy atom. The lowest BCUT2D eigenvalue weighted by atomic mass is 10.1. The van der Waals surface area contributed by atoms with Gasteiger partial charge >= 0.3 is 5.97 Å². The van der Waals surface area contributed by atoms with Crippen LogP contribution in [0.4, 0.5) is 22.0 Å². The zero-order chi connectivity index (χ0) is 24.8. The first-order valence-corrected chi connectivity index (χ1v) is 11.6. The highest BCUT2D eigenvalue weighted by Gasteiger charge is 2.31. The van der Waals surface area contributed by atoms with Gasteiger partial charge in [0.2, 0.25) is 5.82 Å². The molecule has 0 aliphatic rings. The molecule has 0 radical (unpaired) electrons. The summed E-state index contributed by atoms with van der Waals surface area (Å²) in [6.45, 7) is 1.64. The van der Waals surface area contributed by atoms with Gasteiger partial charge in [0.15, 0.2) is 23.3 Å². The molecule has 0 heterocycles. The van der Waals surface area contributed by atoms with Gasteiger partial charge in [-0.3, -0.25) is 9.59 Å². The van der Waals surface area contributed by atoms with E-state index in [1.807, 2.05) is 0 Å². The number of halogens is 5. The fourth-order valence-electron chi connectivity index (χ4n) is 3.42. The van der Waals surface area contributed by atoms with Crippen LogP contribution in [-0.2, 0) is 9.53 Å². The van der Waals surface area contributed by atoms with Crippen LogP contribution < -0.4 is 0 Å². The molecule has 0 aliphatic carbocycles. The molecule has 1 rings (SSSR count). The normalized spacial score (nSPS) is 11.0. The molecule has 4 nitrogen and oxygen atoms in total. The van der Waals surface area contributed by atoms with Crippen molar-refractivity contribution in [1.29, 1.82) is 0 Å². The Hall–Kier alpha value is -2.19. The minimum absolute atomic E-state index is 0.126. The maximum atomic E-state index is 13.7. The monoisotopic (exact) mass is 479 g/mol. The highest BCUT2D eigenvalue weighted by atomic mass is 19.2. The van der Waals surface area contributed by atoms with E-state index in [-0.39, 0.29) is 6.61 Å². The van der Waals surface area contributed by atoms with Gasteiger partial charge in [-0.1, -0.05) is 77.6 Å². The van der Waals surface area contributed by atoms with E-state index in [9.17, 15) is 31.5 Å². The fraction of sp³-hybridized carbons (Fsp3) is 0.667. The standard InChI is InChI=1S/C24H34F5NO3/c1-3-4-5-6-7-8-9-10-11-12-13-14-15-33-17(31)16-30(2)24(32)18-19(25)21(27)23(29)22(28)20(18)26/h3-16H2,1-2H3. The van der Waals surface area contributed by atoms with E-state index in [2.05, 4.69) is 6.92 Å². The lowest BCUT2D eigenvalue weighted by Crippen LogP contribution is -2.34. The molecular formula is C24H34F5NO3. The second kappa shape index (κ2) is 15.6. The second-order valence-corrected chi connectivity index (χ2v) is 8.22. The highest BCUT2D eigenvalue weighted by Crippen LogP contribution is 2.24. The molecule has 0 aliphatic heterocycles. The first-order valence-electron chi connectivity index (χ1n) is 11.6. The molecule has 0 saturated heterocycles. The number of amides is 1. The lowest BCUT2D eigenvalue weighted by molar-refractivity contribution is -0.144. The maximum Gasteiger partial charge on any atom is 0.325 e. The molecule has 0 saturated carbocycles. The number of unbranched alkanes of at least 4 members (excludes halogenated alkanes) is 11. The molecule has 0 atom stereocenters. The smallest absolute Gasteiger partial charge is 0.325 e. The molecule has 188 valence electrons. The Bertz CT molecular complexity index is 744. The Kier molecular flexibility index (Phi) is 13.6. The number of likely N-dealkylation sites (N-methyl/N-ethyl adjacent to an activating group) is 1. The minimum atomic E-state index is -2.36. The number of nitrogens with zero attached hydrogens (tertiary/aromatic N) is 1. The van der Waals surface area contributed by atoms with Crippen LogP contribution in [0.1, 0.15) is 94.3 Å². The average Bonchev–Trinajstić information content (AvgIpc) is 2.79. The van der Waals surface area contributed by atoms with Crippen molar-refractivity contribution in [1.82, 2.24) is 4.90 Å². The maximum absolute atomic E-state index is 13.7. The fourth-order valence-corrected chi connectivity index (χ4v) is 3.42. The van der Waals surface area contributed by atoms with Gasteiger partial charge in [-0.2, -0.15) is 0 Å². The number of rotatable bonds is 16. The Morgan fingerprint density at radius 1 is 0.667 bits per heavy atom. The van der Waals surface area contributed by atoms with Crippen molar-refractivity contribution in [3.8, 4) is 0 Å². The van der Waals surface area contributed by atoms with Crippen LogP contribution in [0, 0.1) is 29.1 Å². The van der Waals surface area contributed by atoms with E-state index in [1.54, 1.807) is 0 Å². The molecule has 1 aromatic carbocycles. The summed E-state index contributed by atoms with van der Waals surface area (Å²) in [4.78, 5) is 24.5. The summed E-state index contributed by atoms with van der Waals surface area (Å²) in [7, 11) is 1.01. The molecule has 0 N–H and O–H groups in total. The van der Waals surface area contributed by atoms with Gasteiger partial charge in [-0.25, -0.2) is 22.0 Å². The largest absolute Gasteiger partial charge is 0.464 e. The molecule has 33 heavy (non-hydrogen) atoms. The molecule has 0 unspecified atom stereocenters. The molecule has 0 bridgehead atoms. The van der Waals surface area contributed by atoms with E-state index in [0.717, 1.165) is 26.3 Å². The van der Waals surface area contributed by atoms with Gasteiger partial charge in [0.25, 0.3) is 5.91 Å². The van der Waals surface area contributed by atoms with Gasteiger partial charge < -0.3 is 9.64 Å². The van der Waals surface area contributed by atoms with Crippen molar-refractivity contribution >= 4 is 11.9 Å². The van der Waals surface area contributed by atoms with Crippen molar-refractivity contribution in [3.05, 3.63) is 34.6 Å². The Labute approximate surface area is 192 Å². The third-order valence-electron chi connectivity index (χ3n) is 5.40. The van der Waals surface area contributed by atoms with Crippen molar-refractivity contribution in [2.75, 3.05) is 20.2 Å². The summed E-state index contributed by atoms with van der Waals surface area (Å²) < 4.78 is 72.1. The first kappa shape index (κ1) is 28.8. The molecule has 9 heteroatoms. The zero-order valence-corrected chi connectivity index (χ0v) is 19.5. The quantitative estimate of drug-likeness (QED) is 0.0872. The van der Waals surface area contributed by atoms with Gasteiger partial charge in [-0.05, 0) is 6.42 Å². The number of hydrogen-bond acceptors (Lipinski definition) is 3. The number of carbonyl (C=O) groups is 2. The van der Waals surface area contributed by atoms with E-state index in [1.165, 1.54) is 51.4 Å². The Balaban J connectivity index is 2.24. The first-order chi connectivity index (χ1) is 15.7. The van der Waals surface area contributed by atoms with Gasteiger partial charge in [0, 0.05) is 7.05 Å². The topological polar surface area (TPSA) is 46.6 Å². The summed E-state index contributed by atoms with van der Waals surface area (Å²) in [5.41, 5.74) is -1.61. The zero-order valence-electron chi connectivity index (χ0n) is 19.5. The van der Waals surface area contributed by atoms with Crippen LogP contribution >= 0.6 is 0 Å². The molecule has 1 aromatic rings. The van der Waals surface area contributed by atoms with Crippen molar-refractivity contribution in [3.63, 3.8) is 0 Å². The van der Waals surface area contributed by atoms with Crippen LogP contribution in [0.2, 0.25) is 0 Å². The molecule has 0 spiro atoms.